The predicted octanol–water partition coefficient (Wildman–Crippen LogP) is 4.91. The van der Waals surface area contributed by atoms with Crippen LogP contribution in [-0.4, -0.2) is 36.2 Å². The highest BCUT2D eigenvalue weighted by Crippen LogP contribution is 2.65. The lowest BCUT2D eigenvalue weighted by Gasteiger charge is -2.57. The Hall–Kier alpha value is -1.62. The molecule has 0 spiro atoms. The second-order valence-electron chi connectivity index (χ2n) is 10.3. The molecular weight excluding hydrogens is 380 g/mol. The SMILES string of the molecule is C/C=C(/COCC(=O)O)OC1CCC2C3CCC4=CC(=O)CCC4(C)C3CCC12C. The summed E-state index contributed by atoms with van der Waals surface area (Å²) in [7, 11) is 0. The number of ether oxygens (including phenoxy) is 2. The van der Waals surface area contributed by atoms with E-state index in [1.807, 2.05) is 19.1 Å². The lowest BCUT2D eigenvalue weighted by Crippen LogP contribution is -2.51. The molecule has 0 aromatic rings. The van der Waals surface area contributed by atoms with Gasteiger partial charge in [0, 0.05) is 11.8 Å². The van der Waals surface area contributed by atoms with Gasteiger partial charge in [0.15, 0.2) is 5.78 Å². The number of carbonyl (C=O) groups excluding carboxylic acids is 1. The second kappa shape index (κ2) is 8.14. The molecular formula is C25H36O5. The Morgan fingerprint density at radius 2 is 1.93 bits per heavy atom. The fourth-order valence-electron chi connectivity index (χ4n) is 7.31. The number of rotatable bonds is 6. The van der Waals surface area contributed by atoms with E-state index in [2.05, 4.69) is 13.8 Å². The Bertz CT molecular complexity index is 768. The van der Waals surface area contributed by atoms with Crippen molar-refractivity contribution in [3.8, 4) is 0 Å². The van der Waals surface area contributed by atoms with E-state index < -0.39 is 5.97 Å². The molecule has 5 heteroatoms. The fourth-order valence-corrected chi connectivity index (χ4v) is 7.31. The number of carbonyl (C=O) groups is 2. The van der Waals surface area contributed by atoms with E-state index in [1.165, 1.54) is 24.8 Å². The molecule has 6 unspecified atom stereocenters. The van der Waals surface area contributed by atoms with E-state index in [4.69, 9.17) is 14.6 Å². The number of aliphatic carboxylic acids is 1. The van der Waals surface area contributed by atoms with Crippen molar-refractivity contribution >= 4 is 11.8 Å². The zero-order chi connectivity index (χ0) is 21.5. The van der Waals surface area contributed by atoms with Gasteiger partial charge >= 0.3 is 5.97 Å². The molecule has 6 atom stereocenters. The van der Waals surface area contributed by atoms with Crippen LogP contribution in [0.1, 0.15) is 72.1 Å². The molecule has 0 aliphatic heterocycles. The Kier molecular flexibility index (Phi) is 5.86. The zero-order valence-electron chi connectivity index (χ0n) is 18.6. The monoisotopic (exact) mass is 416 g/mol. The standard InChI is InChI=1S/C25H36O5/c1-4-18(14-29-15-23(27)28)30-22-8-7-20-19-6-5-16-13-17(26)9-11-24(16,2)21(19)10-12-25(20,22)3/h4,13,19-22H,5-12,14-15H2,1-3H3,(H,27,28)/b18-4-. The van der Waals surface area contributed by atoms with Crippen molar-refractivity contribution in [3.05, 3.63) is 23.5 Å². The Morgan fingerprint density at radius 1 is 1.13 bits per heavy atom. The average molecular weight is 417 g/mol. The summed E-state index contributed by atoms with van der Waals surface area (Å²) in [5.74, 6) is 2.17. The summed E-state index contributed by atoms with van der Waals surface area (Å²) in [4.78, 5) is 22.7. The number of hydrogen-bond donors (Lipinski definition) is 1. The van der Waals surface area contributed by atoms with Gasteiger partial charge in [0.05, 0.1) is 0 Å². The number of hydrogen-bond acceptors (Lipinski definition) is 4. The molecule has 4 rings (SSSR count). The van der Waals surface area contributed by atoms with Gasteiger partial charge in [-0.3, -0.25) is 4.79 Å². The predicted molar refractivity (Wildman–Crippen MR) is 114 cm³/mol. The third kappa shape index (κ3) is 3.63. The minimum atomic E-state index is -0.958. The highest BCUT2D eigenvalue weighted by molar-refractivity contribution is 5.91. The summed E-state index contributed by atoms with van der Waals surface area (Å²) < 4.78 is 11.7. The van der Waals surface area contributed by atoms with Crippen molar-refractivity contribution in [2.45, 2.75) is 78.2 Å². The van der Waals surface area contributed by atoms with Crippen molar-refractivity contribution in [3.63, 3.8) is 0 Å². The quantitative estimate of drug-likeness (QED) is 0.623. The van der Waals surface area contributed by atoms with Crippen LogP contribution in [0.25, 0.3) is 0 Å². The molecule has 5 nitrogen and oxygen atoms in total. The summed E-state index contributed by atoms with van der Waals surface area (Å²) >= 11 is 0. The van der Waals surface area contributed by atoms with Gasteiger partial charge in [-0.05, 0) is 87.2 Å². The highest BCUT2D eigenvalue weighted by Gasteiger charge is 2.59. The van der Waals surface area contributed by atoms with Gasteiger partial charge < -0.3 is 14.6 Å². The topological polar surface area (TPSA) is 72.8 Å². The molecule has 0 saturated heterocycles. The molecule has 166 valence electrons. The molecule has 4 aliphatic carbocycles. The van der Waals surface area contributed by atoms with Crippen molar-refractivity contribution in [1.82, 2.24) is 0 Å². The number of carboxylic acids is 1. The van der Waals surface area contributed by atoms with Gasteiger partial charge in [-0.2, -0.15) is 0 Å². The first-order valence-corrected chi connectivity index (χ1v) is 11.6. The van der Waals surface area contributed by atoms with Crippen molar-refractivity contribution in [2.75, 3.05) is 13.2 Å². The lowest BCUT2D eigenvalue weighted by molar-refractivity contribution is -0.142. The molecule has 3 fully saturated rings. The molecule has 4 aliphatic rings. The van der Waals surface area contributed by atoms with Crippen LogP contribution in [0.5, 0.6) is 0 Å². The third-order valence-corrected chi connectivity index (χ3v) is 8.96. The third-order valence-electron chi connectivity index (χ3n) is 8.96. The van der Waals surface area contributed by atoms with Gasteiger partial charge in [0.2, 0.25) is 0 Å². The average Bonchev–Trinajstić information content (AvgIpc) is 3.03. The van der Waals surface area contributed by atoms with Gasteiger partial charge in [-0.1, -0.05) is 19.4 Å². The summed E-state index contributed by atoms with van der Waals surface area (Å²) in [6, 6.07) is 0. The highest BCUT2D eigenvalue weighted by atomic mass is 16.5. The molecule has 1 N–H and O–H groups in total. The number of fused-ring (bicyclic) bond motifs is 5. The van der Waals surface area contributed by atoms with Gasteiger partial charge in [0.1, 0.15) is 25.1 Å². The van der Waals surface area contributed by atoms with Crippen LogP contribution in [0, 0.1) is 28.6 Å². The number of ketones is 1. The van der Waals surface area contributed by atoms with Gasteiger partial charge in [0.25, 0.3) is 0 Å². The summed E-state index contributed by atoms with van der Waals surface area (Å²) in [6.07, 6.45) is 12.7. The Balaban J connectivity index is 1.47. The maximum Gasteiger partial charge on any atom is 0.329 e. The maximum absolute atomic E-state index is 12.0. The molecule has 0 aromatic carbocycles. The second-order valence-corrected chi connectivity index (χ2v) is 10.3. The molecule has 0 amide bonds. The molecule has 0 radical (unpaired) electrons. The first kappa shape index (κ1) is 21.6. The van der Waals surface area contributed by atoms with E-state index in [-0.39, 0.29) is 30.1 Å². The fraction of sp³-hybridized carbons (Fsp3) is 0.760. The first-order chi connectivity index (χ1) is 14.3. The minimum Gasteiger partial charge on any atom is -0.492 e. The molecule has 0 bridgehead atoms. The number of carboxylic acid groups (broad SMARTS) is 1. The van der Waals surface area contributed by atoms with Gasteiger partial charge in [-0.25, -0.2) is 4.79 Å². The van der Waals surface area contributed by atoms with Crippen molar-refractivity contribution < 1.29 is 24.2 Å². The summed E-state index contributed by atoms with van der Waals surface area (Å²) in [6.45, 7) is 6.67. The van der Waals surface area contributed by atoms with Crippen LogP contribution in [-0.2, 0) is 19.1 Å². The summed E-state index contributed by atoms with van der Waals surface area (Å²) in [5.41, 5.74) is 1.78. The Labute approximate surface area is 179 Å². The van der Waals surface area contributed by atoms with Crippen LogP contribution in [0.3, 0.4) is 0 Å². The van der Waals surface area contributed by atoms with Crippen molar-refractivity contribution in [2.24, 2.45) is 28.6 Å². The maximum atomic E-state index is 12.0. The Morgan fingerprint density at radius 3 is 2.67 bits per heavy atom. The van der Waals surface area contributed by atoms with Crippen LogP contribution in [0.15, 0.2) is 23.5 Å². The van der Waals surface area contributed by atoms with Crippen LogP contribution >= 0.6 is 0 Å². The van der Waals surface area contributed by atoms with E-state index in [0.717, 1.165) is 31.4 Å². The van der Waals surface area contributed by atoms with E-state index in [9.17, 15) is 9.59 Å². The molecule has 0 heterocycles. The van der Waals surface area contributed by atoms with E-state index in [1.54, 1.807) is 0 Å². The van der Waals surface area contributed by atoms with Crippen molar-refractivity contribution in [1.29, 1.82) is 0 Å². The van der Waals surface area contributed by atoms with E-state index >= 15 is 0 Å². The molecule has 0 aromatic heterocycles. The normalized spacial score (nSPS) is 40.8. The largest absolute Gasteiger partial charge is 0.492 e. The lowest BCUT2D eigenvalue weighted by atomic mass is 9.47. The van der Waals surface area contributed by atoms with E-state index in [0.29, 0.717) is 30.0 Å². The molecule has 30 heavy (non-hydrogen) atoms. The summed E-state index contributed by atoms with van der Waals surface area (Å²) in [5, 5.41) is 8.80. The van der Waals surface area contributed by atoms with Gasteiger partial charge in [-0.15, -0.1) is 0 Å². The van der Waals surface area contributed by atoms with Crippen LogP contribution in [0.2, 0.25) is 0 Å². The van der Waals surface area contributed by atoms with Crippen LogP contribution in [0.4, 0.5) is 0 Å². The zero-order valence-corrected chi connectivity index (χ0v) is 18.6. The first-order valence-electron chi connectivity index (χ1n) is 11.6. The number of allylic oxidation sites excluding steroid dienone is 2. The smallest absolute Gasteiger partial charge is 0.329 e. The van der Waals surface area contributed by atoms with Crippen LogP contribution < -0.4 is 0 Å². The molecule has 3 saturated carbocycles. The minimum absolute atomic E-state index is 0.157.